The minimum absolute atomic E-state index is 0.0119. The Morgan fingerprint density at radius 2 is 2.18 bits per heavy atom. The van der Waals surface area contributed by atoms with Crippen molar-refractivity contribution in [3.8, 4) is 0 Å². The van der Waals surface area contributed by atoms with Gasteiger partial charge in [-0.25, -0.2) is 0 Å². The molecule has 1 aromatic rings. The predicted octanol–water partition coefficient (Wildman–Crippen LogP) is 2.73. The van der Waals surface area contributed by atoms with Gasteiger partial charge in [-0.1, -0.05) is 17.8 Å². The van der Waals surface area contributed by atoms with E-state index in [1.165, 1.54) is 24.8 Å². The lowest BCUT2D eigenvalue weighted by atomic mass is 10.1. The summed E-state index contributed by atoms with van der Waals surface area (Å²) in [6, 6.07) is 2.25. The lowest BCUT2D eigenvalue weighted by molar-refractivity contribution is -0.141. The molecule has 0 N–H and O–H groups in total. The summed E-state index contributed by atoms with van der Waals surface area (Å²) in [6.07, 6.45) is -2.95. The lowest BCUT2D eigenvalue weighted by Gasteiger charge is -2.16. The fourth-order valence-corrected chi connectivity index (χ4v) is 2.95. The van der Waals surface area contributed by atoms with Crippen molar-refractivity contribution >= 4 is 22.8 Å². The molecule has 0 radical (unpaired) electrons. The maximum atomic E-state index is 12.4. The molecular formula is C14H15F3N2O2S. The van der Waals surface area contributed by atoms with Crippen molar-refractivity contribution in [2.24, 2.45) is 5.92 Å². The van der Waals surface area contributed by atoms with E-state index in [1.54, 1.807) is 4.90 Å². The number of thioether (sulfide) groups is 1. The molecule has 1 saturated heterocycles. The Morgan fingerprint density at radius 1 is 1.45 bits per heavy atom. The molecule has 8 heteroatoms. The van der Waals surface area contributed by atoms with E-state index >= 15 is 0 Å². The number of pyridine rings is 1. The van der Waals surface area contributed by atoms with Crippen LogP contribution in [-0.2, 0) is 22.3 Å². The summed E-state index contributed by atoms with van der Waals surface area (Å²) in [5.41, 5.74) is -0.388. The minimum atomic E-state index is -4.46. The van der Waals surface area contributed by atoms with Crippen molar-refractivity contribution in [3.05, 3.63) is 29.6 Å². The van der Waals surface area contributed by atoms with Crippen molar-refractivity contribution in [2.45, 2.75) is 26.1 Å². The first-order valence-electron chi connectivity index (χ1n) is 6.69. The van der Waals surface area contributed by atoms with E-state index in [1.807, 2.05) is 0 Å². The number of amides is 1. The van der Waals surface area contributed by atoms with E-state index in [9.17, 15) is 22.8 Å². The molecule has 1 aliphatic rings. The highest BCUT2D eigenvalue weighted by Gasteiger charge is 2.33. The highest BCUT2D eigenvalue weighted by molar-refractivity contribution is 8.13. The second-order valence-electron chi connectivity index (χ2n) is 5.20. The van der Waals surface area contributed by atoms with Crippen LogP contribution in [0.4, 0.5) is 13.2 Å². The fraction of sp³-hybridized carbons (Fsp3) is 0.500. The summed E-state index contributed by atoms with van der Waals surface area (Å²) in [5, 5.41) is 0.0119. The molecule has 1 atom stereocenters. The molecule has 4 nitrogen and oxygen atoms in total. The second kappa shape index (κ2) is 6.68. The Balaban J connectivity index is 1.93. The highest BCUT2D eigenvalue weighted by Crippen LogP contribution is 2.28. The first-order valence-corrected chi connectivity index (χ1v) is 7.67. The SMILES string of the molecule is CC(=O)SCC1CC(=O)N(Cc2ccc(C(F)(F)F)nc2)C1. The maximum Gasteiger partial charge on any atom is 0.433 e. The zero-order valence-corrected chi connectivity index (χ0v) is 12.7. The number of nitrogens with zero attached hydrogens (tertiary/aromatic N) is 2. The molecule has 0 aromatic carbocycles. The smallest absolute Gasteiger partial charge is 0.338 e. The highest BCUT2D eigenvalue weighted by atomic mass is 32.2. The fourth-order valence-electron chi connectivity index (χ4n) is 2.26. The third-order valence-corrected chi connectivity index (χ3v) is 4.35. The summed E-state index contributed by atoms with van der Waals surface area (Å²) in [6.45, 7) is 2.23. The number of carbonyl (C=O) groups is 2. The van der Waals surface area contributed by atoms with Crippen LogP contribution in [0.5, 0.6) is 0 Å². The van der Waals surface area contributed by atoms with E-state index in [-0.39, 0.29) is 23.5 Å². The molecule has 2 heterocycles. The molecule has 22 heavy (non-hydrogen) atoms. The summed E-state index contributed by atoms with van der Waals surface area (Å²) >= 11 is 1.19. The summed E-state index contributed by atoms with van der Waals surface area (Å²) in [4.78, 5) is 27.8. The molecule has 1 unspecified atom stereocenters. The van der Waals surface area contributed by atoms with E-state index in [2.05, 4.69) is 4.98 Å². The average molecular weight is 332 g/mol. The van der Waals surface area contributed by atoms with Crippen LogP contribution in [0.1, 0.15) is 24.6 Å². The van der Waals surface area contributed by atoms with E-state index in [0.29, 0.717) is 24.3 Å². The molecule has 120 valence electrons. The lowest BCUT2D eigenvalue weighted by Crippen LogP contribution is -2.25. The maximum absolute atomic E-state index is 12.4. The van der Waals surface area contributed by atoms with Gasteiger partial charge in [-0.3, -0.25) is 14.6 Å². The number of halogens is 3. The first-order chi connectivity index (χ1) is 10.3. The molecule has 2 rings (SSSR count). The van der Waals surface area contributed by atoms with Crippen molar-refractivity contribution in [1.29, 1.82) is 0 Å². The molecule has 1 aromatic heterocycles. The van der Waals surface area contributed by atoms with Gasteiger partial charge in [0.05, 0.1) is 0 Å². The van der Waals surface area contributed by atoms with Gasteiger partial charge in [0.2, 0.25) is 5.91 Å². The topological polar surface area (TPSA) is 50.3 Å². The Kier molecular flexibility index (Phi) is 5.10. The van der Waals surface area contributed by atoms with Gasteiger partial charge >= 0.3 is 6.18 Å². The molecule has 0 bridgehead atoms. The number of rotatable bonds is 4. The van der Waals surface area contributed by atoms with Crippen LogP contribution in [0.3, 0.4) is 0 Å². The molecule has 0 saturated carbocycles. The summed E-state index contributed by atoms with van der Waals surface area (Å²) in [5.74, 6) is 0.640. The van der Waals surface area contributed by atoms with Crippen LogP contribution in [0, 0.1) is 5.92 Å². The van der Waals surface area contributed by atoms with Crippen LogP contribution in [0.2, 0.25) is 0 Å². The number of aromatic nitrogens is 1. The van der Waals surface area contributed by atoms with Crippen LogP contribution < -0.4 is 0 Å². The monoisotopic (exact) mass is 332 g/mol. The number of alkyl halides is 3. The Morgan fingerprint density at radius 3 is 2.73 bits per heavy atom. The largest absolute Gasteiger partial charge is 0.433 e. The van der Waals surface area contributed by atoms with Gasteiger partial charge in [-0.2, -0.15) is 13.2 Å². The van der Waals surface area contributed by atoms with Gasteiger partial charge in [-0.05, 0) is 17.5 Å². The molecule has 0 aliphatic carbocycles. The number of carbonyl (C=O) groups excluding carboxylic acids is 2. The van der Waals surface area contributed by atoms with Gasteiger partial charge in [0.25, 0.3) is 0 Å². The Labute approximate surface area is 130 Å². The minimum Gasteiger partial charge on any atom is -0.338 e. The van der Waals surface area contributed by atoms with Crippen molar-refractivity contribution in [2.75, 3.05) is 12.3 Å². The second-order valence-corrected chi connectivity index (χ2v) is 6.39. The van der Waals surface area contributed by atoms with Crippen LogP contribution >= 0.6 is 11.8 Å². The molecule has 1 fully saturated rings. The van der Waals surface area contributed by atoms with Gasteiger partial charge in [-0.15, -0.1) is 0 Å². The van der Waals surface area contributed by atoms with Crippen molar-refractivity contribution in [3.63, 3.8) is 0 Å². The van der Waals surface area contributed by atoms with Crippen molar-refractivity contribution in [1.82, 2.24) is 9.88 Å². The third-order valence-electron chi connectivity index (χ3n) is 3.31. The standard InChI is InChI=1S/C14H15F3N2O2S/c1-9(20)22-8-11-4-13(21)19(7-11)6-10-2-3-12(18-5-10)14(15,16)17/h2-3,5,11H,4,6-8H2,1H3. The zero-order chi connectivity index (χ0) is 16.3. The first kappa shape index (κ1) is 16.8. The van der Waals surface area contributed by atoms with E-state index < -0.39 is 11.9 Å². The average Bonchev–Trinajstić information content (AvgIpc) is 2.77. The summed E-state index contributed by atoms with van der Waals surface area (Å²) in [7, 11) is 0. The van der Waals surface area contributed by atoms with E-state index in [0.717, 1.165) is 12.3 Å². The number of likely N-dealkylation sites (tertiary alicyclic amines) is 1. The van der Waals surface area contributed by atoms with Crippen LogP contribution in [0.15, 0.2) is 18.3 Å². The third kappa shape index (κ3) is 4.46. The van der Waals surface area contributed by atoms with E-state index in [4.69, 9.17) is 0 Å². The van der Waals surface area contributed by atoms with Gasteiger partial charge in [0.15, 0.2) is 5.12 Å². The Hall–Kier alpha value is -1.57. The predicted molar refractivity (Wildman–Crippen MR) is 75.9 cm³/mol. The van der Waals surface area contributed by atoms with Crippen molar-refractivity contribution < 1.29 is 22.8 Å². The Bertz CT molecular complexity index is 560. The molecule has 0 spiro atoms. The van der Waals surface area contributed by atoms with Gasteiger partial charge in [0, 0.05) is 38.4 Å². The normalized spacial score (nSPS) is 18.8. The zero-order valence-electron chi connectivity index (χ0n) is 11.9. The molecular weight excluding hydrogens is 317 g/mol. The van der Waals surface area contributed by atoms with Crippen LogP contribution in [0.25, 0.3) is 0 Å². The molecule has 1 amide bonds. The molecule has 1 aliphatic heterocycles. The number of hydrogen-bond acceptors (Lipinski definition) is 4. The quantitative estimate of drug-likeness (QED) is 0.851. The van der Waals surface area contributed by atoms with Crippen LogP contribution in [-0.4, -0.2) is 33.2 Å². The summed E-state index contributed by atoms with van der Waals surface area (Å²) < 4.78 is 37.3. The van der Waals surface area contributed by atoms with Gasteiger partial charge < -0.3 is 4.90 Å². The number of hydrogen-bond donors (Lipinski definition) is 0. The van der Waals surface area contributed by atoms with Gasteiger partial charge in [0.1, 0.15) is 5.69 Å².